The van der Waals surface area contributed by atoms with Crippen LogP contribution in [0.25, 0.3) is 0 Å². The number of fused-ring (bicyclic) bond motifs is 1. The van der Waals surface area contributed by atoms with E-state index in [0.717, 1.165) is 29.8 Å². The maximum Gasteiger partial charge on any atom is 0.175 e. The molecular weight excluding hydrogens is 373 g/mol. The Kier molecular flexibility index (Phi) is 6.29. The van der Waals surface area contributed by atoms with Crippen LogP contribution in [0.3, 0.4) is 0 Å². The summed E-state index contributed by atoms with van der Waals surface area (Å²) in [6, 6.07) is 10.3. The van der Waals surface area contributed by atoms with Crippen molar-refractivity contribution in [1.29, 1.82) is 0 Å². The van der Waals surface area contributed by atoms with Crippen LogP contribution in [0.1, 0.15) is 39.7 Å². The fraction of sp³-hybridized carbons (Fsp3) is 0.364. The van der Waals surface area contributed by atoms with E-state index in [-0.39, 0.29) is 11.9 Å². The summed E-state index contributed by atoms with van der Waals surface area (Å²) in [5.41, 5.74) is 4.72. The molecule has 4 nitrogen and oxygen atoms in total. The first-order valence-corrected chi connectivity index (χ1v) is 9.99. The number of halogens is 1. The molecule has 6 heteroatoms. The fourth-order valence-electron chi connectivity index (χ4n) is 3.36. The first-order chi connectivity index (χ1) is 13.4. The van der Waals surface area contributed by atoms with E-state index in [0.29, 0.717) is 22.5 Å². The number of rotatable bonds is 5. The second kappa shape index (κ2) is 8.69. The van der Waals surface area contributed by atoms with Crippen LogP contribution in [0.15, 0.2) is 41.4 Å². The van der Waals surface area contributed by atoms with Gasteiger partial charge in [-0.1, -0.05) is 13.0 Å². The molecule has 148 valence electrons. The summed E-state index contributed by atoms with van der Waals surface area (Å²) in [5.74, 6) is 0.641. The SMILES string of the molecule is CCC1Cc2c(cccc2NC(=S)Nc2cc(F)ccc2OC(C)C)N=C1C. The van der Waals surface area contributed by atoms with Crippen LogP contribution in [0.4, 0.5) is 21.5 Å². The molecule has 1 aliphatic rings. The molecule has 28 heavy (non-hydrogen) atoms. The summed E-state index contributed by atoms with van der Waals surface area (Å²) in [6.07, 6.45) is 1.94. The minimum atomic E-state index is -0.353. The third-order valence-corrected chi connectivity index (χ3v) is 4.99. The molecule has 1 heterocycles. The maximum absolute atomic E-state index is 13.7. The Hall–Kier alpha value is -2.47. The highest BCUT2D eigenvalue weighted by Gasteiger charge is 2.21. The quantitative estimate of drug-likeness (QED) is 0.597. The molecule has 0 aliphatic carbocycles. The van der Waals surface area contributed by atoms with Gasteiger partial charge in [-0.25, -0.2) is 4.39 Å². The van der Waals surface area contributed by atoms with Crippen molar-refractivity contribution in [1.82, 2.24) is 0 Å². The van der Waals surface area contributed by atoms with Gasteiger partial charge < -0.3 is 15.4 Å². The highest BCUT2D eigenvalue weighted by molar-refractivity contribution is 7.80. The lowest BCUT2D eigenvalue weighted by molar-refractivity contribution is 0.243. The van der Waals surface area contributed by atoms with E-state index in [1.165, 1.54) is 17.8 Å². The van der Waals surface area contributed by atoms with Gasteiger partial charge in [0.1, 0.15) is 11.6 Å². The molecule has 0 fully saturated rings. The van der Waals surface area contributed by atoms with E-state index in [2.05, 4.69) is 24.5 Å². The minimum absolute atomic E-state index is 0.0271. The van der Waals surface area contributed by atoms with E-state index < -0.39 is 0 Å². The first-order valence-electron chi connectivity index (χ1n) is 9.58. The van der Waals surface area contributed by atoms with Crippen molar-refractivity contribution in [2.45, 2.75) is 46.6 Å². The smallest absolute Gasteiger partial charge is 0.175 e. The highest BCUT2D eigenvalue weighted by Crippen LogP contribution is 2.35. The number of hydrogen-bond donors (Lipinski definition) is 2. The van der Waals surface area contributed by atoms with Crippen LogP contribution >= 0.6 is 12.2 Å². The van der Waals surface area contributed by atoms with Crippen LogP contribution in [0.2, 0.25) is 0 Å². The van der Waals surface area contributed by atoms with Gasteiger partial charge in [-0.3, -0.25) is 4.99 Å². The van der Waals surface area contributed by atoms with Crippen molar-refractivity contribution in [3.05, 3.63) is 47.8 Å². The molecule has 0 saturated carbocycles. The van der Waals surface area contributed by atoms with E-state index in [9.17, 15) is 4.39 Å². The number of nitrogens with zero attached hydrogens (tertiary/aromatic N) is 1. The Labute approximate surface area is 171 Å². The Morgan fingerprint density at radius 3 is 2.71 bits per heavy atom. The Balaban J connectivity index is 1.81. The fourth-order valence-corrected chi connectivity index (χ4v) is 3.58. The van der Waals surface area contributed by atoms with Gasteiger partial charge in [0.05, 0.1) is 17.5 Å². The molecule has 0 amide bonds. The second-order valence-electron chi connectivity index (χ2n) is 7.25. The van der Waals surface area contributed by atoms with Gasteiger partial charge in [-0.2, -0.15) is 0 Å². The molecule has 0 spiro atoms. The average Bonchev–Trinajstić information content (AvgIpc) is 2.63. The van der Waals surface area contributed by atoms with Crippen LogP contribution in [-0.4, -0.2) is 16.9 Å². The third-order valence-electron chi connectivity index (χ3n) is 4.78. The van der Waals surface area contributed by atoms with Gasteiger partial charge in [0.2, 0.25) is 0 Å². The van der Waals surface area contributed by atoms with Gasteiger partial charge in [0.25, 0.3) is 0 Å². The molecule has 1 unspecified atom stereocenters. The van der Waals surface area contributed by atoms with Gasteiger partial charge in [-0.15, -0.1) is 0 Å². The lowest BCUT2D eigenvalue weighted by Crippen LogP contribution is -2.23. The molecule has 0 saturated heterocycles. The summed E-state index contributed by atoms with van der Waals surface area (Å²) >= 11 is 5.48. The van der Waals surface area contributed by atoms with E-state index in [1.807, 2.05) is 32.0 Å². The second-order valence-corrected chi connectivity index (χ2v) is 7.66. The number of benzene rings is 2. The van der Waals surface area contributed by atoms with Crippen molar-refractivity contribution < 1.29 is 9.13 Å². The molecule has 2 aromatic rings. The van der Waals surface area contributed by atoms with Crippen molar-refractivity contribution in [2.75, 3.05) is 10.6 Å². The summed E-state index contributed by atoms with van der Waals surface area (Å²) in [6.45, 7) is 8.11. The van der Waals surface area contributed by atoms with E-state index in [4.69, 9.17) is 21.9 Å². The number of hydrogen-bond acceptors (Lipinski definition) is 3. The number of nitrogens with one attached hydrogen (secondary N) is 2. The standard InChI is InChI=1S/C22H26FN3OS/c1-5-15-11-17-18(24-14(15)4)7-6-8-19(17)25-22(28)26-20-12-16(23)9-10-21(20)27-13(2)3/h6-10,12-13,15H,5,11H2,1-4H3,(H2,25,26,28). The van der Waals surface area contributed by atoms with Crippen molar-refractivity contribution in [3.8, 4) is 5.75 Å². The van der Waals surface area contributed by atoms with Crippen LogP contribution in [0, 0.1) is 11.7 Å². The number of ether oxygens (including phenoxy) is 1. The summed E-state index contributed by atoms with van der Waals surface area (Å²) in [4.78, 5) is 4.75. The summed E-state index contributed by atoms with van der Waals surface area (Å²) < 4.78 is 19.5. The summed E-state index contributed by atoms with van der Waals surface area (Å²) in [5, 5.41) is 6.70. The first kappa shape index (κ1) is 20.3. The monoisotopic (exact) mass is 399 g/mol. The number of aliphatic imine (C=N–C) groups is 1. The minimum Gasteiger partial charge on any atom is -0.489 e. The number of anilines is 2. The predicted octanol–water partition coefficient (Wildman–Crippen LogP) is 6.10. The molecule has 0 radical (unpaired) electrons. The Morgan fingerprint density at radius 2 is 2.00 bits per heavy atom. The maximum atomic E-state index is 13.7. The molecule has 1 atom stereocenters. The molecule has 2 aromatic carbocycles. The molecule has 0 bridgehead atoms. The van der Waals surface area contributed by atoms with Crippen molar-refractivity contribution >= 4 is 40.1 Å². The van der Waals surface area contributed by atoms with Gasteiger partial charge in [-0.05, 0) is 70.1 Å². The zero-order chi connectivity index (χ0) is 20.3. The average molecular weight is 400 g/mol. The van der Waals surface area contributed by atoms with Crippen LogP contribution in [-0.2, 0) is 6.42 Å². The van der Waals surface area contributed by atoms with Crippen LogP contribution in [0.5, 0.6) is 5.75 Å². The summed E-state index contributed by atoms with van der Waals surface area (Å²) in [7, 11) is 0. The molecule has 2 N–H and O–H groups in total. The van der Waals surface area contributed by atoms with Gasteiger partial charge in [0, 0.05) is 28.9 Å². The van der Waals surface area contributed by atoms with Crippen molar-refractivity contribution in [2.24, 2.45) is 10.9 Å². The molecule has 0 aromatic heterocycles. The van der Waals surface area contributed by atoms with E-state index in [1.54, 1.807) is 6.07 Å². The lowest BCUT2D eigenvalue weighted by Gasteiger charge is -2.25. The van der Waals surface area contributed by atoms with Gasteiger partial charge >= 0.3 is 0 Å². The zero-order valence-electron chi connectivity index (χ0n) is 16.7. The zero-order valence-corrected chi connectivity index (χ0v) is 17.5. The van der Waals surface area contributed by atoms with Crippen LogP contribution < -0.4 is 15.4 Å². The Bertz CT molecular complexity index is 911. The van der Waals surface area contributed by atoms with Gasteiger partial charge in [0.15, 0.2) is 5.11 Å². The molecular formula is C22H26FN3OS. The highest BCUT2D eigenvalue weighted by atomic mass is 32.1. The topological polar surface area (TPSA) is 45.6 Å². The Morgan fingerprint density at radius 1 is 1.25 bits per heavy atom. The largest absolute Gasteiger partial charge is 0.489 e. The molecule has 3 rings (SSSR count). The number of thiocarbonyl (C=S) groups is 1. The van der Waals surface area contributed by atoms with E-state index >= 15 is 0 Å². The molecule has 1 aliphatic heterocycles. The van der Waals surface area contributed by atoms with Crippen molar-refractivity contribution in [3.63, 3.8) is 0 Å². The predicted molar refractivity (Wildman–Crippen MR) is 119 cm³/mol. The normalized spacial score (nSPS) is 15.6. The lowest BCUT2D eigenvalue weighted by atomic mass is 9.88. The third kappa shape index (κ3) is 4.68.